The maximum absolute atomic E-state index is 13.4. The van der Waals surface area contributed by atoms with Crippen LogP contribution >= 0.6 is 0 Å². The molecule has 2 heterocycles. The van der Waals surface area contributed by atoms with Crippen LogP contribution in [0.4, 0.5) is 13.2 Å². The summed E-state index contributed by atoms with van der Waals surface area (Å²) in [6.07, 6.45) is -4.63. The van der Waals surface area contributed by atoms with Crippen LogP contribution in [0.15, 0.2) is 65.1 Å². The molecule has 1 atom stereocenters. The van der Waals surface area contributed by atoms with E-state index in [-0.39, 0.29) is 23.5 Å². The van der Waals surface area contributed by atoms with Crippen LogP contribution in [0.1, 0.15) is 18.2 Å². The number of nitrogens with one attached hydrogen (secondary N) is 1. The molecule has 0 saturated carbocycles. The molecular weight excluding hydrogens is 421 g/mol. The molecule has 7 nitrogen and oxygen atoms in total. The predicted octanol–water partition coefficient (Wildman–Crippen LogP) is 4.04. The van der Waals surface area contributed by atoms with Gasteiger partial charge >= 0.3 is 6.18 Å². The highest BCUT2D eigenvalue weighted by molar-refractivity contribution is 5.58. The van der Waals surface area contributed by atoms with Gasteiger partial charge in [0.1, 0.15) is 5.69 Å². The minimum absolute atomic E-state index is 0.0124. The van der Waals surface area contributed by atoms with Crippen molar-refractivity contribution in [3.05, 3.63) is 71.9 Å². The lowest BCUT2D eigenvalue weighted by molar-refractivity contribution is -0.141. The summed E-state index contributed by atoms with van der Waals surface area (Å²) in [6, 6.07) is 16.9. The molecule has 0 aliphatic rings. The molecule has 0 fully saturated rings. The van der Waals surface area contributed by atoms with Crippen molar-refractivity contribution in [3.8, 4) is 28.7 Å². The van der Waals surface area contributed by atoms with Crippen LogP contribution in [0.3, 0.4) is 0 Å². The van der Waals surface area contributed by atoms with Gasteiger partial charge in [0, 0.05) is 30.8 Å². The summed E-state index contributed by atoms with van der Waals surface area (Å²) in [5.41, 5.74) is 6.71. The molecule has 4 rings (SSSR count). The average Bonchev–Trinajstić information content (AvgIpc) is 3.42. The van der Waals surface area contributed by atoms with Crippen LogP contribution in [0.5, 0.6) is 0 Å². The topological polar surface area (TPSA) is 94.8 Å². The Labute approximate surface area is 182 Å². The molecule has 0 spiro atoms. The average molecular weight is 442 g/mol. The Balaban J connectivity index is 1.72. The molecule has 166 valence electrons. The molecule has 0 saturated heterocycles. The van der Waals surface area contributed by atoms with Crippen molar-refractivity contribution in [3.63, 3.8) is 0 Å². The zero-order chi connectivity index (χ0) is 22.7. The molecule has 10 heteroatoms. The summed E-state index contributed by atoms with van der Waals surface area (Å²) in [5.74, 6) is 0.142. The van der Waals surface area contributed by atoms with E-state index in [0.29, 0.717) is 24.3 Å². The van der Waals surface area contributed by atoms with Crippen molar-refractivity contribution in [2.45, 2.75) is 25.7 Å². The van der Waals surface area contributed by atoms with E-state index in [1.54, 1.807) is 42.5 Å². The third kappa shape index (κ3) is 4.87. The number of nitrogens with two attached hydrogens (primary N) is 1. The van der Waals surface area contributed by atoms with Gasteiger partial charge in [0.05, 0.1) is 5.69 Å². The molecule has 0 aliphatic heterocycles. The van der Waals surface area contributed by atoms with Crippen molar-refractivity contribution in [1.82, 2.24) is 25.3 Å². The van der Waals surface area contributed by atoms with Crippen molar-refractivity contribution in [2.24, 2.45) is 5.73 Å². The van der Waals surface area contributed by atoms with Gasteiger partial charge in [-0.2, -0.15) is 18.3 Å². The second-order valence-electron chi connectivity index (χ2n) is 7.38. The van der Waals surface area contributed by atoms with Gasteiger partial charge < -0.3 is 15.5 Å². The lowest BCUT2D eigenvalue weighted by Crippen LogP contribution is -2.30. The van der Waals surface area contributed by atoms with Gasteiger partial charge in [-0.1, -0.05) is 30.3 Å². The van der Waals surface area contributed by atoms with Gasteiger partial charge in [-0.3, -0.25) is 0 Å². The normalized spacial score (nSPS) is 12.8. The summed E-state index contributed by atoms with van der Waals surface area (Å²) in [4.78, 5) is 0. The van der Waals surface area contributed by atoms with E-state index in [4.69, 9.17) is 10.2 Å². The Kier molecular flexibility index (Phi) is 6.06. The first-order chi connectivity index (χ1) is 15.3. The first-order valence-corrected chi connectivity index (χ1v) is 9.93. The largest absolute Gasteiger partial charge is 0.435 e. The van der Waals surface area contributed by atoms with Crippen LogP contribution in [0, 0.1) is 0 Å². The molecular formula is C22H21F3N6O. The Morgan fingerprint density at radius 1 is 1.03 bits per heavy atom. The number of halogens is 3. The summed E-state index contributed by atoms with van der Waals surface area (Å²) < 4.78 is 47.2. The Bertz CT molecular complexity index is 1180. The zero-order valence-electron chi connectivity index (χ0n) is 17.2. The molecule has 0 bridgehead atoms. The standard InChI is InChI=1S/C22H21F3N6O/c1-14(26)12-27-13-15-6-5-9-17(10-15)31-18(11-19(30-31)22(23,24)25)21-29-28-20(32-21)16-7-3-2-4-8-16/h2-11,14,27H,12-13,26H2,1H3/t14-/m0/s1. The third-order valence-corrected chi connectivity index (χ3v) is 4.62. The van der Waals surface area contributed by atoms with Crippen molar-refractivity contribution in [1.29, 1.82) is 0 Å². The molecule has 2 aromatic carbocycles. The lowest BCUT2D eigenvalue weighted by Gasteiger charge is -2.10. The minimum Gasteiger partial charge on any atom is -0.415 e. The number of rotatable bonds is 7. The molecule has 4 aromatic rings. The molecule has 3 N–H and O–H groups in total. The molecule has 32 heavy (non-hydrogen) atoms. The van der Waals surface area contributed by atoms with Crippen molar-refractivity contribution < 1.29 is 17.6 Å². The quantitative estimate of drug-likeness (QED) is 0.449. The van der Waals surface area contributed by atoms with Gasteiger partial charge in [-0.05, 0) is 36.8 Å². The van der Waals surface area contributed by atoms with E-state index in [1.165, 1.54) is 4.68 Å². The first-order valence-electron chi connectivity index (χ1n) is 9.93. The highest BCUT2D eigenvalue weighted by Crippen LogP contribution is 2.33. The second kappa shape index (κ2) is 8.93. The van der Waals surface area contributed by atoms with Crippen LogP contribution < -0.4 is 11.1 Å². The number of benzene rings is 2. The fraction of sp³-hybridized carbons (Fsp3) is 0.227. The molecule has 2 aromatic heterocycles. The summed E-state index contributed by atoms with van der Waals surface area (Å²) in [5, 5.41) is 14.9. The van der Waals surface area contributed by atoms with E-state index in [0.717, 1.165) is 11.6 Å². The summed E-state index contributed by atoms with van der Waals surface area (Å²) in [6.45, 7) is 3.00. The number of alkyl halides is 3. The maximum atomic E-state index is 13.4. The zero-order valence-corrected chi connectivity index (χ0v) is 17.2. The second-order valence-corrected chi connectivity index (χ2v) is 7.38. The van der Waals surface area contributed by atoms with Crippen LogP contribution in [0.25, 0.3) is 28.7 Å². The van der Waals surface area contributed by atoms with Crippen LogP contribution in [0.2, 0.25) is 0 Å². The minimum atomic E-state index is -4.63. The van der Waals surface area contributed by atoms with E-state index in [2.05, 4.69) is 20.6 Å². The van der Waals surface area contributed by atoms with Gasteiger partial charge in [0.2, 0.25) is 5.89 Å². The molecule has 0 unspecified atom stereocenters. The lowest BCUT2D eigenvalue weighted by atomic mass is 10.2. The number of aromatic nitrogens is 4. The number of nitrogens with zero attached hydrogens (tertiary/aromatic N) is 4. The van der Waals surface area contributed by atoms with Crippen molar-refractivity contribution >= 4 is 0 Å². The fourth-order valence-corrected chi connectivity index (χ4v) is 3.14. The Morgan fingerprint density at radius 2 is 1.78 bits per heavy atom. The Morgan fingerprint density at radius 3 is 2.50 bits per heavy atom. The monoisotopic (exact) mass is 442 g/mol. The SMILES string of the molecule is C[C@H](N)CNCc1cccc(-n2nc(C(F)(F)F)cc2-c2nnc(-c3ccccc3)o2)c1. The van der Waals surface area contributed by atoms with Gasteiger partial charge in [-0.15, -0.1) is 10.2 Å². The maximum Gasteiger partial charge on any atom is 0.435 e. The van der Waals surface area contributed by atoms with Gasteiger partial charge in [-0.25, -0.2) is 4.68 Å². The molecule has 0 aliphatic carbocycles. The fourth-order valence-electron chi connectivity index (χ4n) is 3.14. The third-order valence-electron chi connectivity index (χ3n) is 4.62. The van der Waals surface area contributed by atoms with Crippen LogP contribution in [-0.2, 0) is 12.7 Å². The van der Waals surface area contributed by atoms with E-state index >= 15 is 0 Å². The highest BCUT2D eigenvalue weighted by Gasteiger charge is 2.36. The van der Waals surface area contributed by atoms with Crippen molar-refractivity contribution in [2.75, 3.05) is 6.54 Å². The van der Waals surface area contributed by atoms with E-state index in [9.17, 15) is 13.2 Å². The highest BCUT2D eigenvalue weighted by atomic mass is 19.4. The van der Waals surface area contributed by atoms with E-state index < -0.39 is 11.9 Å². The number of hydrogen-bond acceptors (Lipinski definition) is 6. The summed E-state index contributed by atoms with van der Waals surface area (Å²) >= 11 is 0. The first kappa shape index (κ1) is 21.7. The van der Waals surface area contributed by atoms with E-state index in [1.807, 2.05) is 19.1 Å². The molecule has 0 amide bonds. The molecule has 0 radical (unpaired) electrons. The number of hydrogen-bond donors (Lipinski definition) is 2. The smallest absolute Gasteiger partial charge is 0.415 e. The predicted molar refractivity (Wildman–Crippen MR) is 113 cm³/mol. The Hall–Kier alpha value is -3.50. The van der Waals surface area contributed by atoms with Gasteiger partial charge in [0.15, 0.2) is 5.69 Å². The van der Waals surface area contributed by atoms with Gasteiger partial charge in [0.25, 0.3) is 5.89 Å². The van der Waals surface area contributed by atoms with Crippen LogP contribution in [-0.4, -0.2) is 32.6 Å². The summed E-state index contributed by atoms with van der Waals surface area (Å²) in [7, 11) is 0.